The van der Waals surface area contributed by atoms with Crippen molar-refractivity contribution in [3.05, 3.63) is 35.9 Å². The summed E-state index contributed by atoms with van der Waals surface area (Å²) in [5.74, 6) is -0.860. The van der Waals surface area contributed by atoms with E-state index in [-0.39, 0.29) is 11.8 Å². The summed E-state index contributed by atoms with van der Waals surface area (Å²) in [6.45, 7) is 2.01. The number of rotatable bonds is 5. The third kappa shape index (κ3) is 3.32. The normalized spacial score (nSPS) is 18.5. The first-order valence-corrected chi connectivity index (χ1v) is 8.02. The molecule has 0 aliphatic heterocycles. The SMILES string of the molecule is CC(CC(=O)N(C)C1(C(=O)O)CCCCC1)c1ccccc1. The molecule has 1 saturated carbocycles. The van der Waals surface area contributed by atoms with Crippen molar-refractivity contribution >= 4 is 11.9 Å². The minimum Gasteiger partial charge on any atom is -0.479 e. The average molecular weight is 303 g/mol. The van der Waals surface area contributed by atoms with Gasteiger partial charge in [-0.1, -0.05) is 56.5 Å². The Morgan fingerprint density at radius 1 is 1.18 bits per heavy atom. The van der Waals surface area contributed by atoms with Gasteiger partial charge in [-0.25, -0.2) is 4.79 Å². The highest BCUT2D eigenvalue weighted by Crippen LogP contribution is 2.34. The van der Waals surface area contributed by atoms with Crippen LogP contribution >= 0.6 is 0 Å². The summed E-state index contributed by atoms with van der Waals surface area (Å²) in [5, 5.41) is 9.67. The van der Waals surface area contributed by atoms with E-state index < -0.39 is 11.5 Å². The van der Waals surface area contributed by atoms with Crippen LogP contribution in [0, 0.1) is 0 Å². The Balaban J connectivity index is 2.09. The van der Waals surface area contributed by atoms with Crippen LogP contribution in [0.3, 0.4) is 0 Å². The summed E-state index contributed by atoms with van der Waals surface area (Å²) in [6, 6.07) is 9.88. The third-order valence-electron chi connectivity index (χ3n) is 4.94. The molecule has 1 unspecified atom stereocenters. The van der Waals surface area contributed by atoms with Crippen LogP contribution in [-0.4, -0.2) is 34.5 Å². The second kappa shape index (κ2) is 6.95. The van der Waals surface area contributed by atoms with Crippen molar-refractivity contribution in [3.63, 3.8) is 0 Å². The van der Waals surface area contributed by atoms with E-state index >= 15 is 0 Å². The van der Waals surface area contributed by atoms with Crippen molar-refractivity contribution in [2.24, 2.45) is 0 Å². The number of amides is 1. The van der Waals surface area contributed by atoms with Crippen molar-refractivity contribution < 1.29 is 14.7 Å². The topological polar surface area (TPSA) is 57.6 Å². The molecule has 1 amide bonds. The van der Waals surface area contributed by atoms with Crippen molar-refractivity contribution in [1.29, 1.82) is 0 Å². The minimum atomic E-state index is -1.01. The zero-order valence-electron chi connectivity index (χ0n) is 13.4. The Bertz CT molecular complexity index is 520. The molecule has 0 saturated heterocycles. The summed E-state index contributed by atoms with van der Waals surface area (Å²) in [5.41, 5.74) is 0.100. The highest BCUT2D eigenvalue weighted by molar-refractivity contribution is 5.87. The molecule has 1 atom stereocenters. The van der Waals surface area contributed by atoms with Crippen molar-refractivity contribution in [1.82, 2.24) is 4.90 Å². The van der Waals surface area contributed by atoms with Gasteiger partial charge < -0.3 is 10.0 Å². The maximum Gasteiger partial charge on any atom is 0.329 e. The number of carboxylic acid groups (broad SMARTS) is 1. The van der Waals surface area contributed by atoms with E-state index in [1.165, 1.54) is 4.90 Å². The van der Waals surface area contributed by atoms with E-state index in [1.54, 1.807) is 7.05 Å². The van der Waals surface area contributed by atoms with E-state index in [0.717, 1.165) is 24.8 Å². The van der Waals surface area contributed by atoms with Gasteiger partial charge in [0.05, 0.1) is 0 Å². The molecule has 0 bridgehead atoms. The second-order valence-corrected chi connectivity index (χ2v) is 6.37. The van der Waals surface area contributed by atoms with Gasteiger partial charge in [-0.15, -0.1) is 0 Å². The van der Waals surface area contributed by atoms with E-state index in [2.05, 4.69) is 0 Å². The summed E-state index contributed by atoms with van der Waals surface area (Å²) in [6.07, 6.45) is 4.26. The third-order valence-corrected chi connectivity index (χ3v) is 4.94. The van der Waals surface area contributed by atoms with Crippen molar-refractivity contribution in [3.8, 4) is 0 Å². The minimum absolute atomic E-state index is 0.0827. The zero-order valence-corrected chi connectivity index (χ0v) is 13.4. The van der Waals surface area contributed by atoms with Crippen molar-refractivity contribution in [2.75, 3.05) is 7.05 Å². The van der Waals surface area contributed by atoms with E-state index in [1.807, 2.05) is 37.3 Å². The first-order valence-electron chi connectivity index (χ1n) is 8.02. The summed E-state index contributed by atoms with van der Waals surface area (Å²) in [7, 11) is 1.65. The lowest BCUT2D eigenvalue weighted by molar-refractivity contribution is -0.160. The smallest absolute Gasteiger partial charge is 0.329 e. The lowest BCUT2D eigenvalue weighted by Crippen LogP contribution is -2.56. The summed E-state index contributed by atoms with van der Waals surface area (Å²) >= 11 is 0. The highest BCUT2D eigenvalue weighted by atomic mass is 16.4. The summed E-state index contributed by atoms with van der Waals surface area (Å²) in [4.78, 5) is 25.9. The number of likely N-dealkylation sites (N-methyl/N-ethyl adjacent to an activating group) is 1. The molecule has 1 aromatic carbocycles. The van der Waals surface area contributed by atoms with Gasteiger partial charge in [0.2, 0.25) is 5.91 Å². The largest absolute Gasteiger partial charge is 0.479 e. The van der Waals surface area contributed by atoms with Crippen LogP contribution < -0.4 is 0 Å². The number of hydrogen-bond donors (Lipinski definition) is 1. The highest BCUT2D eigenvalue weighted by Gasteiger charge is 2.45. The molecule has 0 aromatic heterocycles. The van der Waals surface area contributed by atoms with Crippen LogP contribution in [0.25, 0.3) is 0 Å². The molecule has 1 aromatic rings. The van der Waals surface area contributed by atoms with Gasteiger partial charge in [0.1, 0.15) is 5.54 Å². The fourth-order valence-corrected chi connectivity index (χ4v) is 3.37. The predicted molar refractivity (Wildman–Crippen MR) is 85.7 cm³/mol. The Kier molecular flexibility index (Phi) is 5.22. The molecule has 1 aliphatic carbocycles. The maximum atomic E-state index is 12.6. The molecule has 0 radical (unpaired) electrons. The number of nitrogens with zero attached hydrogens (tertiary/aromatic N) is 1. The molecule has 0 spiro atoms. The lowest BCUT2D eigenvalue weighted by atomic mass is 9.80. The Labute approximate surface area is 132 Å². The van der Waals surface area contributed by atoms with Crippen LogP contribution in [0.15, 0.2) is 30.3 Å². The van der Waals surface area contributed by atoms with Gasteiger partial charge in [-0.2, -0.15) is 0 Å². The molecule has 120 valence electrons. The fraction of sp³-hybridized carbons (Fsp3) is 0.556. The Morgan fingerprint density at radius 3 is 2.32 bits per heavy atom. The Hall–Kier alpha value is -1.84. The molecule has 1 aliphatic rings. The van der Waals surface area contributed by atoms with Gasteiger partial charge in [0.15, 0.2) is 0 Å². The lowest BCUT2D eigenvalue weighted by Gasteiger charge is -2.41. The standard InChI is InChI=1S/C18H25NO3/c1-14(15-9-5-3-6-10-15)13-16(20)19(2)18(17(21)22)11-7-4-8-12-18/h3,5-6,9-10,14H,4,7-8,11-13H2,1-2H3,(H,21,22). The number of hydrogen-bond acceptors (Lipinski definition) is 2. The quantitative estimate of drug-likeness (QED) is 0.906. The first-order chi connectivity index (χ1) is 10.5. The summed E-state index contributed by atoms with van der Waals surface area (Å²) < 4.78 is 0. The first kappa shape index (κ1) is 16.5. The monoisotopic (exact) mass is 303 g/mol. The van der Waals surface area contributed by atoms with Gasteiger partial charge >= 0.3 is 5.97 Å². The van der Waals surface area contributed by atoms with Gasteiger partial charge in [0.25, 0.3) is 0 Å². The van der Waals surface area contributed by atoms with Crippen LogP contribution in [0.5, 0.6) is 0 Å². The maximum absolute atomic E-state index is 12.6. The molecule has 1 fully saturated rings. The number of aliphatic carboxylic acids is 1. The van der Waals surface area contributed by atoms with Gasteiger partial charge in [-0.3, -0.25) is 4.79 Å². The number of carboxylic acids is 1. The fourth-order valence-electron chi connectivity index (χ4n) is 3.37. The van der Waals surface area contributed by atoms with Crippen LogP contribution in [0.4, 0.5) is 0 Å². The Morgan fingerprint density at radius 2 is 1.77 bits per heavy atom. The molecule has 22 heavy (non-hydrogen) atoms. The second-order valence-electron chi connectivity index (χ2n) is 6.37. The van der Waals surface area contributed by atoms with Gasteiger partial charge in [-0.05, 0) is 24.3 Å². The number of carbonyl (C=O) groups is 2. The van der Waals surface area contributed by atoms with E-state index in [4.69, 9.17) is 0 Å². The van der Waals surface area contributed by atoms with Crippen LogP contribution in [0.2, 0.25) is 0 Å². The average Bonchev–Trinajstić information content (AvgIpc) is 2.55. The van der Waals surface area contributed by atoms with Crippen LogP contribution in [0.1, 0.15) is 56.9 Å². The van der Waals surface area contributed by atoms with E-state index in [0.29, 0.717) is 19.3 Å². The molecule has 0 heterocycles. The molecule has 2 rings (SSSR count). The zero-order chi connectivity index (χ0) is 16.2. The van der Waals surface area contributed by atoms with E-state index in [9.17, 15) is 14.7 Å². The predicted octanol–water partition coefficient (Wildman–Crippen LogP) is 3.43. The van der Waals surface area contributed by atoms with Crippen LogP contribution in [-0.2, 0) is 9.59 Å². The molecule has 4 heteroatoms. The molecule has 1 N–H and O–H groups in total. The van der Waals surface area contributed by atoms with Gasteiger partial charge in [0, 0.05) is 13.5 Å². The number of benzene rings is 1. The number of carbonyl (C=O) groups excluding carboxylic acids is 1. The van der Waals surface area contributed by atoms with Crippen molar-refractivity contribution in [2.45, 2.75) is 56.9 Å². The molecule has 4 nitrogen and oxygen atoms in total. The molecular weight excluding hydrogens is 278 g/mol. The molecular formula is C18H25NO3.